The number of non-ortho nitro benzene ring substituents is 1. The molecule has 0 unspecified atom stereocenters. The summed E-state index contributed by atoms with van der Waals surface area (Å²) in [6, 6.07) is 12.3. The predicted molar refractivity (Wildman–Crippen MR) is 79.0 cm³/mol. The van der Waals surface area contributed by atoms with Crippen LogP contribution in [0.5, 0.6) is 11.5 Å². The average Bonchev–Trinajstić information content (AvgIpc) is 3.23. The van der Waals surface area contributed by atoms with E-state index in [1.165, 1.54) is 12.1 Å². The fourth-order valence-electron chi connectivity index (χ4n) is 2.87. The van der Waals surface area contributed by atoms with E-state index in [1.54, 1.807) is 12.1 Å². The van der Waals surface area contributed by atoms with Crippen LogP contribution in [0, 0.1) is 10.1 Å². The quantitative estimate of drug-likeness (QED) is 0.687. The number of nitro benzene ring substituents is 1. The molecule has 0 bridgehead atoms. The summed E-state index contributed by atoms with van der Waals surface area (Å²) in [4.78, 5) is 10.3. The first-order chi connectivity index (χ1) is 11.2. The van der Waals surface area contributed by atoms with Crippen LogP contribution >= 0.6 is 0 Å². The molecule has 2 aliphatic rings. The minimum Gasteiger partial charge on any atom is -0.454 e. The van der Waals surface area contributed by atoms with Crippen molar-refractivity contribution >= 4 is 5.69 Å². The number of fused-ring (bicyclic) bond motifs is 1. The molecule has 2 heterocycles. The van der Waals surface area contributed by atoms with Crippen molar-refractivity contribution in [2.75, 3.05) is 13.3 Å². The third kappa shape index (κ3) is 2.60. The van der Waals surface area contributed by atoms with E-state index in [1.807, 2.05) is 18.2 Å². The van der Waals surface area contributed by atoms with Crippen molar-refractivity contribution in [1.29, 1.82) is 0 Å². The maximum atomic E-state index is 10.7. The van der Waals surface area contributed by atoms with Crippen LogP contribution in [0.15, 0.2) is 42.5 Å². The first kappa shape index (κ1) is 14.0. The molecule has 1 saturated heterocycles. The Morgan fingerprint density at radius 3 is 2.57 bits per heavy atom. The van der Waals surface area contributed by atoms with Crippen molar-refractivity contribution in [1.82, 2.24) is 0 Å². The highest BCUT2D eigenvalue weighted by Crippen LogP contribution is 2.35. The van der Waals surface area contributed by atoms with E-state index in [2.05, 4.69) is 5.32 Å². The second-order valence-electron chi connectivity index (χ2n) is 5.48. The van der Waals surface area contributed by atoms with Gasteiger partial charge in [0.25, 0.3) is 5.69 Å². The molecule has 2 N–H and O–H groups in total. The number of hydrogen-bond donors (Lipinski definition) is 1. The first-order valence-corrected chi connectivity index (χ1v) is 7.33. The number of hydrogen-bond acceptors (Lipinski definition) is 5. The molecule has 118 valence electrons. The Kier molecular flexibility index (Phi) is 3.36. The molecular weight excluding hydrogens is 300 g/mol. The van der Waals surface area contributed by atoms with Gasteiger partial charge in [-0.2, -0.15) is 0 Å². The Morgan fingerprint density at radius 2 is 1.78 bits per heavy atom. The van der Waals surface area contributed by atoms with E-state index < -0.39 is 4.92 Å². The van der Waals surface area contributed by atoms with Crippen LogP contribution < -0.4 is 14.8 Å². The van der Waals surface area contributed by atoms with Gasteiger partial charge in [-0.1, -0.05) is 0 Å². The third-order valence-corrected chi connectivity index (χ3v) is 4.08. The molecule has 4 rings (SSSR count). The third-order valence-electron chi connectivity index (χ3n) is 4.08. The minimum atomic E-state index is -0.402. The fraction of sp³-hybridized carbons (Fsp3) is 0.250. The molecular formula is C16H15N2O5+. The van der Waals surface area contributed by atoms with Gasteiger partial charge in [0.15, 0.2) is 11.5 Å². The molecule has 0 saturated carbocycles. The molecule has 7 nitrogen and oxygen atoms in total. The highest BCUT2D eigenvalue weighted by atomic mass is 16.7. The lowest BCUT2D eigenvalue weighted by Crippen LogP contribution is -2.82. The molecule has 23 heavy (non-hydrogen) atoms. The maximum absolute atomic E-state index is 10.7. The zero-order chi connectivity index (χ0) is 15.8. The molecule has 2 aromatic carbocycles. The first-order valence-electron chi connectivity index (χ1n) is 7.33. The van der Waals surface area contributed by atoms with Crippen LogP contribution in [0.3, 0.4) is 0 Å². The van der Waals surface area contributed by atoms with Crippen molar-refractivity contribution in [3.63, 3.8) is 0 Å². The Labute approximate surface area is 131 Å². The molecule has 0 amide bonds. The number of nitro groups is 1. The zero-order valence-electron chi connectivity index (χ0n) is 12.2. The number of nitrogens with zero attached hydrogens (tertiary/aromatic N) is 1. The van der Waals surface area contributed by atoms with E-state index in [9.17, 15) is 10.1 Å². The Balaban J connectivity index is 1.49. The van der Waals surface area contributed by atoms with Gasteiger partial charge in [0, 0.05) is 17.7 Å². The lowest BCUT2D eigenvalue weighted by atomic mass is 10.1. The van der Waals surface area contributed by atoms with Crippen LogP contribution in [0.1, 0.15) is 23.5 Å². The van der Waals surface area contributed by atoms with E-state index in [-0.39, 0.29) is 24.8 Å². The summed E-state index contributed by atoms with van der Waals surface area (Å²) in [5, 5.41) is 12.8. The largest absolute Gasteiger partial charge is 0.454 e. The molecule has 0 aromatic heterocycles. The average molecular weight is 315 g/mol. The van der Waals surface area contributed by atoms with Gasteiger partial charge in [-0.05, 0) is 35.9 Å². The van der Waals surface area contributed by atoms with Crippen LogP contribution in [0.2, 0.25) is 0 Å². The summed E-state index contributed by atoms with van der Waals surface area (Å²) < 4.78 is 16.8. The Morgan fingerprint density at radius 1 is 1.04 bits per heavy atom. The monoisotopic (exact) mass is 315 g/mol. The van der Waals surface area contributed by atoms with Crippen molar-refractivity contribution in [2.45, 2.75) is 12.3 Å². The standard InChI is InChI=1S/C16H14N2O5/c19-18(20)12-4-1-10(2-5-12)15-8-17-16(23-15)11-3-6-13-14(7-11)22-9-21-13/h1-7,15-17H,8-9H2/p+1/t15-,16-/m0/s1. The normalized spacial score (nSPS) is 22.3. The van der Waals surface area contributed by atoms with Gasteiger partial charge < -0.3 is 19.5 Å². The molecule has 2 aliphatic heterocycles. The highest BCUT2D eigenvalue weighted by molar-refractivity contribution is 5.44. The lowest BCUT2D eigenvalue weighted by molar-refractivity contribution is -0.698. The summed E-state index contributed by atoms with van der Waals surface area (Å²) in [6.45, 7) is 1.01. The molecule has 2 aromatic rings. The van der Waals surface area contributed by atoms with Crippen LogP contribution in [-0.2, 0) is 4.74 Å². The molecule has 7 heteroatoms. The lowest BCUT2D eigenvalue weighted by Gasteiger charge is -2.10. The Bertz CT molecular complexity index is 747. The summed E-state index contributed by atoms with van der Waals surface area (Å²) in [5.74, 6) is 1.48. The fourth-order valence-corrected chi connectivity index (χ4v) is 2.87. The van der Waals surface area contributed by atoms with Gasteiger partial charge in [0.1, 0.15) is 12.6 Å². The Hall–Kier alpha value is -2.64. The zero-order valence-corrected chi connectivity index (χ0v) is 12.2. The molecule has 2 atom stereocenters. The van der Waals surface area contributed by atoms with E-state index in [4.69, 9.17) is 14.2 Å². The van der Waals surface area contributed by atoms with Gasteiger partial charge in [-0.3, -0.25) is 10.1 Å². The van der Waals surface area contributed by atoms with Crippen LogP contribution in [0.4, 0.5) is 5.69 Å². The molecule has 0 radical (unpaired) electrons. The van der Waals surface area contributed by atoms with Gasteiger partial charge in [-0.25, -0.2) is 0 Å². The van der Waals surface area contributed by atoms with Crippen molar-refractivity contribution in [3.8, 4) is 11.5 Å². The summed E-state index contributed by atoms with van der Waals surface area (Å²) in [6.07, 6.45) is -0.212. The number of benzene rings is 2. The van der Waals surface area contributed by atoms with Crippen molar-refractivity contribution < 1.29 is 24.5 Å². The topological polar surface area (TPSA) is 87.4 Å². The maximum Gasteiger partial charge on any atom is 0.269 e. The number of ether oxygens (including phenoxy) is 3. The highest BCUT2D eigenvalue weighted by Gasteiger charge is 2.32. The second kappa shape index (κ2) is 5.53. The molecule has 0 aliphatic carbocycles. The molecule has 1 fully saturated rings. The second-order valence-corrected chi connectivity index (χ2v) is 5.48. The van der Waals surface area contributed by atoms with Gasteiger partial charge in [-0.15, -0.1) is 0 Å². The van der Waals surface area contributed by atoms with Gasteiger partial charge in [0.05, 0.1) is 4.92 Å². The van der Waals surface area contributed by atoms with Gasteiger partial charge in [0.2, 0.25) is 13.0 Å². The van der Waals surface area contributed by atoms with Crippen molar-refractivity contribution in [2.24, 2.45) is 0 Å². The number of nitrogens with two attached hydrogens (primary N) is 1. The summed E-state index contributed by atoms with van der Waals surface area (Å²) in [5.41, 5.74) is 2.04. The van der Waals surface area contributed by atoms with E-state index >= 15 is 0 Å². The van der Waals surface area contributed by atoms with E-state index in [0.717, 1.165) is 29.2 Å². The van der Waals surface area contributed by atoms with Crippen molar-refractivity contribution in [3.05, 3.63) is 63.7 Å². The SMILES string of the molecule is O=[N+]([O-])c1ccc([C@@H]2C[NH2+][C@H](c3ccc4c(c3)OCO4)O2)cc1. The summed E-state index contributed by atoms with van der Waals surface area (Å²) in [7, 11) is 0. The summed E-state index contributed by atoms with van der Waals surface area (Å²) >= 11 is 0. The van der Waals surface area contributed by atoms with Gasteiger partial charge >= 0.3 is 0 Å². The van der Waals surface area contributed by atoms with Crippen LogP contribution in [0.25, 0.3) is 0 Å². The molecule has 0 spiro atoms. The minimum absolute atomic E-state index is 0.0862. The number of quaternary nitrogens is 1. The van der Waals surface area contributed by atoms with Crippen LogP contribution in [-0.4, -0.2) is 18.3 Å². The number of rotatable bonds is 3. The predicted octanol–water partition coefficient (Wildman–Crippen LogP) is 1.66. The van der Waals surface area contributed by atoms with E-state index in [0.29, 0.717) is 0 Å². The smallest absolute Gasteiger partial charge is 0.269 e.